The molecule has 1 unspecified atom stereocenters. The Balaban J connectivity index is 0. The fourth-order valence-electron chi connectivity index (χ4n) is 0.377. The molecule has 0 aromatic heterocycles. The zero-order valence-corrected chi connectivity index (χ0v) is 7.12. The Labute approximate surface area is 78.9 Å². The van der Waals surface area contributed by atoms with Crippen LogP contribution in [0.5, 0.6) is 0 Å². The summed E-state index contributed by atoms with van der Waals surface area (Å²) in [4.78, 5) is 19.7. The maximum absolute atomic E-state index is 9.92. The molecule has 58 valence electrons. The van der Waals surface area contributed by atoms with E-state index in [0.717, 1.165) is 0 Å². The van der Waals surface area contributed by atoms with Crippen molar-refractivity contribution in [2.45, 2.75) is 12.5 Å². The number of carboxylic acids is 2. The second-order valence-electron chi connectivity index (χ2n) is 1.61. The molecule has 0 saturated carbocycles. The Morgan fingerprint density at radius 2 is 1.91 bits per heavy atom. The SMILES string of the molecule is NNC(CC(=O)[O-])C(=O)[O-].[Mg+2]. The van der Waals surface area contributed by atoms with Gasteiger partial charge in [0.2, 0.25) is 0 Å². The summed E-state index contributed by atoms with van der Waals surface area (Å²) in [6.45, 7) is 0. The molecule has 0 radical (unpaired) electrons. The molecule has 0 aliphatic heterocycles. The van der Waals surface area contributed by atoms with E-state index in [0.29, 0.717) is 0 Å². The van der Waals surface area contributed by atoms with Crippen LogP contribution < -0.4 is 21.5 Å². The largest absolute Gasteiger partial charge is 2.00 e. The molecule has 0 aliphatic rings. The van der Waals surface area contributed by atoms with Crippen molar-refractivity contribution in [3.63, 3.8) is 0 Å². The Hall–Kier alpha value is -0.374. The van der Waals surface area contributed by atoms with E-state index < -0.39 is 24.4 Å². The van der Waals surface area contributed by atoms with Gasteiger partial charge in [0.05, 0.1) is 12.0 Å². The summed E-state index contributed by atoms with van der Waals surface area (Å²) < 4.78 is 0. The second-order valence-corrected chi connectivity index (χ2v) is 1.61. The van der Waals surface area contributed by atoms with Crippen LogP contribution in [0.15, 0.2) is 0 Å². The number of nitrogens with two attached hydrogens (primary N) is 1. The molecule has 0 heterocycles. The van der Waals surface area contributed by atoms with Crippen LogP contribution in [0.1, 0.15) is 6.42 Å². The van der Waals surface area contributed by atoms with Crippen molar-refractivity contribution >= 4 is 35.0 Å². The number of nitrogens with one attached hydrogen (secondary N) is 1. The van der Waals surface area contributed by atoms with Crippen LogP contribution in [0, 0.1) is 0 Å². The molecule has 0 spiro atoms. The van der Waals surface area contributed by atoms with Gasteiger partial charge in [-0.15, -0.1) is 0 Å². The van der Waals surface area contributed by atoms with Crippen LogP contribution in [0.3, 0.4) is 0 Å². The Morgan fingerprint density at radius 3 is 2.00 bits per heavy atom. The number of carbonyl (C=O) groups is 2. The molecule has 0 saturated heterocycles. The maximum Gasteiger partial charge on any atom is 2.00 e. The van der Waals surface area contributed by atoms with Crippen molar-refractivity contribution in [3.8, 4) is 0 Å². The van der Waals surface area contributed by atoms with Crippen molar-refractivity contribution < 1.29 is 19.8 Å². The first kappa shape index (κ1) is 13.2. The Kier molecular flexibility index (Phi) is 7.63. The number of rotatable bonds is 4. The maximum atomic E-state index is 9.92. The first-order chi connectivity index (χ1) is 4.57. The van der Waals surface area contributed by atoms with E-state index >= 15 is 0 Å². The van der Waals surface area contributed by atoms with Crippen LogP contribution in [-0.4, -0.2) is 41.0 Å². The molecular formula is C4H6MgN2O4. The van der Waals surface area contributed by atoms with Crippen LogP contribution in [0.4, 0.5) is 0 Å². The number of aliphatic carboxylic acids is 2. The summed E-state index contributed by atoms with van der Waals surface area (Å²) >= 11 is 0. The van der Waals surface area contributed by atoms with Crippen LogP contribution in [0.25, 0.3) is 0 Å². The molecule has 0 rings (SSSR count). The summed E-state index contributed by atoms with van der Waals surface area (Å²) in [5.41, 5.74) is 1.75. The van der Waals surface area contributed by atoms with Crippen molar-refractivity contribution in [3.05, 3.63) is 0 Å². The van der Waals surface area contributed by atoms with Crippen LogP contribution in [0.2, 0.25) is 0 Å². The third-order valence-corrected chi connectivity index (χ3v) is 0.856. The molecule has 0 bridgehead atoms. The third kappa shape index (κ3) is 6.04. The third-order valence-electron chi connectivity index (χ3n) is 0.856. The summed E-state index contributed by atoms with van der Waals surface area (Å²) in [6, 6.07) is -1.38. The van der Waals surface area contributed by atoms with Gasteiger partial charge in [0, 0.05) is 12.4 Å². The number of carbonyl (C=O) groups excluding carboxylic acids is 2. The van der Waals surface area contributed by atoms with Crippen molar-refractivity contribution in [1.82, 2.24) is 5.43 Å². The van der Waals surface area contributed by atoms with E-state index in [1.54, 1.807) is 5.43 Å². The van der Waals surface area contributed by atoms with Gasteiger partial charge in [0.1, 0.15) is 0 Å². The Bertz CT molecular complexity index is 151. The molecule has 0 aliphatic carbocycles. The zero-order chi connectivity index (χ0) is 8.15. The average molecular weight is 170 g/mol. The quantitative estimate of drug-likeness (QED) is 0.249. The number of carboxylic acid groups (broad SMARTS) is 2. The molecule has 7 heteroatoms. The molecule has 0 amide bonds. The minimum Gasteiger partial charge on any atom is -0.550 e. The van der Waals surface area contributed by atoms with Crippen LogP contribution in [-0.2, 0) is 9.59 Å². The first-order valence-electron chi connectivity index (χ1n) is 2.44. The minimum absolute atomic E-state index is 0. The summed E-state index contributed by atoms with van der Waals surface area (Å²) in [6.07, 6.45) is -0.696. The summed E-state index contributed by atoms with van der Waals surface area (Å²) in [5, 5.41) is 19.7. The fourth-order valence-corrected chi connectivity index (χ4v) is 0.377. The van der Waals surface area contributed by atoms with Crippen molar-refractivity contribution in [2.75, 3.05) is 0 Å². The topological polar surface area (TPSA) is 118 Å². The van der Waals surface area contributed by atoms with Gasteiger partial charge in [0.15, 0.2) is 0 Å². The fraction of sp³-hybridized carbons (Fsp3) is 0.500. The predicted molar refractivity (Wildman–Crippen MR) is 31.5 cm³/mol. The average Bonchev–Trinajstić information content (AvgIpc) is 1.81. The monoisotopic (exact) mass is 170 g/mol. The molecule has 0 fully saturated rings. The molecule has 0 aromatic rings. The van der Waals surface area contributed by atoms with Gasteiger partial charge in [-0.3, -0.25) is 11.3 Å². The van der Waals surface area contributed by atoms with E-state index in [9.17, 15) is 19.8 Å². The Morgan fingerprint density at radius 1 is 1.45 bits per heavy atom. The number of hydrogen-bond acceptors (Lipinski definition) is 6. The zero-order valence-electron chi connectivity index (χ0n) is 5.70. The molecule has 3 N–H and O–H groups in total. The van der Waals surface area contributed by atoms with Gasteiger partial charge < -0.3 is 19.8 Å². The van der Waals surface area contributed by atoms with Gasteiger partial charge in [-0.2, -0.15) is 0 Å². The van der Waals surface area contributed by atoms with Gasteiger partial charge in [-0.05, 0) is 0 Å². The van der Waals surface area contributed by atoms with Gasteiger partial charge in [-0.1, -0.05) is 0 Å². The van der Waals surface area contributed by atoms with Gasteiger partial charge in [-0.25, -0.2) is 0 Å². The standard InChI is InChI=1S/C4H8N2O4.Mg/c5-6-2(4(9)10)1-3(7)8;/h2,6H,1,5H2,(H,7,8)(H,9,10);/q;+2/p-2. The smallest absolute Gasteiger partial charge is 0.550 e. The summed E-state index contributed by atoms with van der Waals surface area (Å²) in [7, 11) is 0. The number of hydrazine groups is 1. The summed E-state index contributed by atoms with van der Waals surface area (Å²) in [5.74, 6) is 1.60. The van der Waals surface area contributed by atoms with E-state index in [4.69, 9.17) is 0 Å². The van der Waals surface area contributed by atoms with Crippen molar-refractivity contribution in [2.24, 2.45) is 5.84 Å². The molecular weight excluding hydrogens is 164 g/mol. The van der Waals surface area contributed by atoms with E-state index in [1.807, 2.05) is 0 Å². The molecule has 11 heavy (non-hydrogen) atoms. The van der Waals surface area contributed by atoms with E-state index in [-0.39, 0.29) is 23.1 Å². The second kappa shape index (κ2) is 6.34. The number of hydrogen-bond donors (Lipinski definition) is 2. The van der Waals surface area contributed by atoms with Crippen molar-refractivity contribution in [1.29, 1.82) is 0 Å². The van der Waals surface area contributed by atoms with E-state index in [1.165, 1.54) is 0 Å². The van der Waals surface area contributed by atoms with Crippen LogP contribution >= 0.6 is 0 Å². The minimum atomic E-state index is -1.56. The predicted octanol–water partition coefficient (Wildman–Crippen LogP) is -4.67. The van der Waals surface area contributed by atoms with E-state index in [2.05, 4.69) is 5.84 Å². The van der Waals surface area contributed by atoms with Gasteiger partial charge in [0.25, 0.3) is 0 Å². The normalized spacial score (nSPS) is 11.4. The van der Waals surface area contributed by atoms with Gasteiger partial charge >= 0.3 is 23.1 Å². The first-order valence-corrected chi connectivity index (χ1v) is 2.44. The molecule has 1 atom stereocenters. The molecule has 6 nitrogen and oxygen atoms in total. The molecule has 0 aromatic carbocycles.